The van der Waals surface area contributed by atoms with Crippen molar-refractivity contribution in [3.63, 3.8) is 0 Å². The van der Waals surface area contributed by atoms with Crippen LogP contribution in [0.2, 0.25) is 0 Å². The van der Waals surface area contributed by atoms with E-state index in [0.717, 1.165) is 18.8 Å². The number of rotatable bonds is 6. The van der Waals surface area contributed by atoms with Gasteiger partial charge in [-0.25, -0.2) is 0 Å². The Hall–Kier alpha value is -1.87. The molecule has 100 valence electrons. The van der Waals surface area contributed by atoms with Crippen molar-refractivity contribution < 1.29 is 4.74 Å². The van der Waals surface area contributed by atoms with Gasteiger partial charge in [0.05, 0.1) is 6.61 Å². The highest BCUT2D eigenvalue weighted by molar-refractivity contribution is 5.27. The summed E-state index contributed by atoms with van der Waals surface area (Å²) in [5.41, 5.74) is 2.57. The van der Waals surface area contributed by atoms with E-state index in [-0.39, 0.29) is 0 Å². The lowest BCUT2D eigenvalue weighted by molar-refractivity contribution is 0.318. The van der Waals surface area contributed by atoms with Crippen molar-refractivity contribution in [2.45, 2.75) is 20.0 Å². The summed E-state index contributed by atoms with van der Waals surface area (Å²) in [7, 11) is 2.12. The van der Waals surface area contributed by atoms with Crippen molar-refractivity contribution in [1.82, 2.24) is 9.88 Å². The van der Waals surface area contributed by atoms with E-state index >= 15 is 0 Å². The average Bonchev–Trinajstić information content (AvgIpc) is 2.42. The third kappa shape index (κ3) is 4.38. The molecule has 0 atom stereocenters. The fourth-order valence-corrected chi connectivity index (χ4v) is 2.03. The molecule has 0 amide bonds. The molecule has 1 aromatic carbocycles. The van der Waals surface area contributed by atoms with Crippen LogP contribution in [0.25, 0.3) is 0 Å². The molecule has 0 N–H and O–H groups in total. The first kappa shape index (κ1) is 13.6. The largest absolute Gasteiger partial charge is 0.494 e. The van der Waals surface area contributed by atoms with Gasteiger partial charge in [-0.15, -0.1) is 0 Å². The standard InChI is InChI=1S/C16H20N2O/c1-3-19-16-6-4-14(5-7-16)12-18(2)13-15-8-10-17-11-9-15/h4-11H,3,12-13H2,1-2H3. The Morgan fingerprint density at radius 1 is 0.947 bits per heavy atom. The Morgan fingerprint density at radius 2 is 1.53 bits per heavy atom. The summed E-state index contributed by atoms with van der Waals surface area (Å²) in [4.78, 5) is 6.31. The molecule has 0 fully saturated rings. The van der Waals surface area contributed by atoms with E-state index in [9.17, 15) is 0 Å². The van der Waals surface area contributed by atoms with E-state index in [4.69, 9.17) is 4.74 Å². The summed E-state index contributed by atoms with van der Waals surface area (Å²) in [5.74, 6) is 0.933. The maximum absolute atomic E-state index is 5.44. The van der Waals surface area contributed by atoms with E-state index in [0.29, 0.717) is 6.61 Å². The van der Waals surface area contributed by atoms with Crippen molar-refractivity contribution in [2.75, 3.05) is 13.7 Å². The van der Waals surface area contributed by atoms with Crippen LogP contribution in [-0.4, -0.2) is 23.5 Å². The van der Waals surface area contributed by atoms with Crippen molar-refractivity contribution in [2.24, 2.45) is 0 Å². The zero-order chi connectivity index (χ0) is 13.5. The van der Waals surface area contributed by atoms with E-state index in [1.165, 1.54) is 11.1 Å². The van der Waals surface area contributed by atoms with E-state index in [1.807, 2.05) is 31.5 Å². The van der Waals surface area contributed by atoms with Crippen LogP contribution in [0.4, 0.5) is 0 Å². The van der Waals surface area contributed by atoms with Gasteiger partial charge < -0.3 is 4.74 Å². The van der Waals surface area contributed by atoms with Gasteiger partial charge in [0, 0.05) is 25.5 Å². The first-order valence-electron chi connectivity index (χ1n) is 6.57. The number of ether oxygens (including phenoxy) is 1. The lowest BCUT2D eigenvalue weighted by Crippen LogP contribution is -2.17. The summed E-state index contributed by atoms with van der Waals surface area (Å²) in [6.45, 7) is 4.56. The molecule has 3 heteroatoms. The predicted octanol–water partition coefficient (Wildman–Crippen LogP) is 3.11. The number of nitrogens with zero attached hydrogens (tertiary/aromatic N) is 2. The van der Waals surface area contributed by atoms with Gasteiger partial charge in [-0.1, -0.05) is 12.1 Å². The van der Waals surface area contributed by atoms with Gasteiger partial charge in [-0.05, 0) is 49.4 Å². The molecule has 19 heavy (non-hydrogen) atoms. The zero-order valence-electron chi connectivity index (χ0n) is 11.5. The fourth-order valence-electron chi connectivity index (χ4n) is 2.03. The molecule has 1 aromatic heterocycles. The van der Waals surface area contributed by atoms with Gasteiger partial charge in [0.2, 0.25) is 0 Å². The molecule has 0 saturated carbocycles. The summed E-state index contributed by atoms with van der Waals surface area (Å²) in [6.07, 6.45) is 3.67. The highest BCUT2D eigenvalue weighted by Crippen LogP contribution is 2.14. The molecule has 2 rings (SSSR count). The molecule has 0 unspecified atom stereocenters. The molecule has 0 radical (unpaired) electrons. The smallest absolute Gasteiger partial charge is 0.119 e. The van der Waals surface area contributed by atoms with Crippen molar-refractivity contribution in [3.05, 3.63) is 59.9 Å². The minimum Gasteiger partial charge on any atom is -0.494 e. The maximum Gasteiger partial charge on any atom is 0.119 e. The number of aromatic nitrogens is 1. The molecule has 0 aliphatic carbocycles. The molecule has 0 aliphatic heterocycles. The second kappa shape index (κ2) is 6.90. The third-order valence-corrected chi connectivity index (χ3v) is 2.89. The summed E-state index contributed by atoms with van der Waals surface area (Å²) in [5, 5.41) is 0. The van der Waals surface area contributed by atoms with Crippen molar-refractivity contribution in [3.8, 4) is 5.75 Å². The van der Waals surface area contributed by atoms with Gasteiger partial charge in [0.1, 0.15) is 5.75 Å². The van der Waals surface area contributed by atoms with Gasteiger partial charge in [0.25, 0.3) is 0 Å². The number of hydrogen-bond donors (Lipinski definition) is 0. The Kier molecular flexibility index (Phi) is 4.93. The Balaban J connectivity index is 1.89. The van der Waals surface area contributed by atoms with Crippen molar-refractivity contribution >= 4 is 0 Å². The van der Waals surface area contributed by atoms with Crippen LogP contribution < -0.4 is 4.74 Å². The normalized spacial score (nSPS) is 10.7. The van der Waals surface area contributed by atoms with Crippen LogP contribution in [0.3, 0.4) is 0 Å². The van der Waals surface area contributed by atoms with Gasteiger partial charge in [0.15, 0.2) is 0 Å². The minimum atomic E-state index is 0.710. The molecule has 0 aliphatic rings. The fraction of sp³-hybridized carbons (Fsp3) is 0.312. The van der Waals surface area contributed by atoms with Gasteiger partial charge in [-0.3, -0.25) is 9.88 Å². The second-order valence-electron chi connectivity index (χ2n) is 4.60. The molecule has 0 bridgehead atoms. The molecule has 0 spiro atoms. The van der Waals surface area contributed by atoms with E-state index in [1.54, 1.807) is 0 Å². The zero-order valence-corrected chi connectivity index (χ0v) is 11.5. The quantitative estimate of drug-likeness (QED) is 0.794. The maximum atomic E-state index is 5.44. The lowest BCUT2D eigenvalue weighted by Gasteiger charge is -2.17. The SMILES string of the molecule is CCOc1ccc(CN(C)Cc2ccncc2)cc1. The highest BCUT2D eigenvalue weighted by atomic mass is 16.5. The van der Waals surface area contributed by atoms with E-state index in [2.05, 4.69) is 41.2 Å². The topological polar surface area (TPSA) is 25.4 Å². The van der Waals surface area contributed by atoms with Crippen LogP contribution in [0, 0.1) is 0 Å². The van der Waals surface area contributed by atoms with Gasteiger partial charge >= 0.3 is 0 Å². The van der Waals surface area contributed by atoms with Crippen LogP contribution >= 0.6 is 0 Å². The summed E-state index contributed by atoms with van der Waals surface area (Å²) >= 11 is 0. The number of pyridine rings is 1. The van der Waals surface area contributed by atoms with Crippen LogP contribution in [0.15, 0.2) is 48.8 Å². The molecule has 3 nitrogen and oxygen atoms in total. The van der Waals surface area contributed by atoms with Crippen LogP contribution in [0.1, 0.15) is 18.1 Å². The number of benzene rings is 1. The molecule has 0 saturated heterocycles. The first-order valence-corrected chi connectivity index (χ1v) is 6.57. The van der Waals surface area contributed by atoms with Crippen LogP contribution in [-0.2, 0) is 13.1 Å². The highest BCUT2D eigenvalue weighted by Gasteiger charge is 2.02. The molecule has 2 aromatic rings. The Bertz CT molecular complexity index is 482. The van der Waals surface area contributed by atoms with Crippen molar-refractivity contribution in [1.29, 1.82) is 0 Å². The predicted molar refractivity (Wildman–Crippen MR) is 77.0 cm³/mol. The third-order valence-electron chi connectivity index (χ3n) is 2.89. The molecular formula is C16H20N2O. The Morgan fingerprint density at radius 3 is 2.11 bits per heavy atom. The molecule has 1 heterocycles. The monoisotopic (exact) mass is 256 g/mol. The average molecular weight is 256 g/mol. The molecular weight excluding hydrogens is 236 g/mol. The van der Waals surface area contributed by atoms with E-state index < -0.39 is 0 Å². The Labute approximate surface area is 114 Å². The summed E-state index contributed by atoms with van der Waals surface area (Å²) in [6, 6.07) is 12.4. The van der Waals surface area contributed by atoms with Crippen LogP contribution in [0.5, 0.6) is 5.75 Å². The summed E-state index contributed by atoms with van der Waals surface area (Å²) < 4.78 is 5.44. The first-order chi connectivity index (χ1) is 9.28. The lowest BCUT2D eigenvalue weighted by atomic mass is 10.2. The van der Waals surface area contributed by atoms with Gasteiger partial charge in [-0.2, -0.15) is 0 Å². The minimum absolute atomic E-state index is 0.710. The second-order valence-corrected chi connectivity index (χ2v) is 4.60. The number of hydrogen-bond acceptors (Lipinski definition) is 3.